The summed E-state index contributed by atoms with van der Waals surface area (Å²) in [4.78, 5) is 0. The van der Waals surface area contributed by atoms with E-state index < -0.39 is 6.41 Å². The molecule has 0 aliphatic heterocycles. The van der Waals surface area contributed by atoms with Gasteiger partial charge in [-0.25, -0.2) is 0 Å². The molecule has 0 saturated heterocycles. The third kappa shape index (κ3) is 6.60. The van der Waals surface area contributed by atoms with Crippen LogP contribution in [0.25, 0.3) is 0 Å². The fourth-order valence-electron chi connectivity index (χ4n) is 1.35. The third-order valence-corrected chi connectivity index (χ3v) is 2.97. The normalized spacial score (nSPS) is 17.8. The Kier molecular flexibility index (Phi) is 8.58. The molecule has 0 aromatic heterocycles. The first-order valence-electron chi connectivity index (χ1n) is 5.20. The highest BCUT2D eigenvalue weighted by Gasteiger charge is 2.13. The van der Waals surface area contributed by atoms with Gasteiger partial charge in [-0.1, -0.05) is 20.3 Å². The number of alkyl halides is 1. The van der Waals surface area contributed by atoms with Crippen molar-refractivity contribution < 1.29 is 9.84 Å². The highest BCUT2D eigenvalue weighted by atomic mass is 35.5. The maximum absolute atomic E-state index is 9.04. The van der Waals surface area contributed by atoms with Gasteiger partial charge in [0.05, 0.1) is 0 Å². The van der Waals surface area contributed by atoms with E-state index >= 15 is 0 Å². The van der Waals surface area contributed by atoms with E-state index in [0.717, 1.165) is 12.8 Å². The van der Waals surface area contributed by atoms with Gasteiger partial charge in [-0.2, -0.15) is 0 Å². The van der Waals surface area contributed by atoms with Crippen molar-refractivity contribution in [3.63, 3.8) is 0 Å². The number of hydrogen-bond acceptors (Lipinski definition) is 3. The summed E-state index contributed by atoms with van der Waals surface area (Å²) >= 11 is 6.17. The van der Waals surface area contributed by atoms with E-state index in [0.29, 0.717) is 12.5 Å². The van der Waals surface area contributed by atoms with E-state index in [4.69, 9.17) is 16.7 Å². The van der Waals surface area contributed by atoms with Crippen LogP contribution in [0.2, 0.25) is 0 Å². The maximum Gasteiger partial charge on any atom is 0.213 e. The Balaban J connectivity index is 3.47. The molecule has 14 heavy (non-hydrogen) atoms. The first-order valence-corrected chi connectivity index (χ1v) is 5.63. The summed E-state index contributed by atoms with van der Waals surface area (Å²) in [5, 5.41) is 12.0. The summed E-state index contributed by atoms with van der Waals surface area (Å²) in [7, 11) is 1.45. The molecule has 3 atom stereocenters. The first kappa shape index (κ1) is 14.2. The van der Waals surface area contributed by atoms with Gasteiger partial charge in [-0.15, -0.1) is 11.6 Å². The number of nitrogens with one attached hydrogen (secondary N) is 1. The van der Waals surface area contributed by atoms with Crippen molar-refractivity contribution in [1.29, 1.82) is 0 Å². The van der Waals surface area contributed by atoms with Gasteiger partial charge in [0.1, 0.15) is 0 Å². The minimum absolute atomic E-state index is 0.173. The lowest BCUT2D eigenvalue weighted by atomic mass is 10.00. The molecule has 0 rings (SSSR count). The number of methoxy groups -OCH3 is 1. The fraction of sp³-hybridized carbons (Fsp3) is 1.00. The molecule has 0 radical (unpaired) electrons. The number of aliphatic hydroxyl groups is 1. The topological polar surface area (TPSA) is 41.5 Å². The molecule has 0 spiro atoms. The summed E-state index contributed by atoms with van der Waals surface area (Å²) in [6.45, 7) is 5.00. The van der Waals surface area contributed by atoms with Gasteiger partial charge in [-0.3, -0.25) is 5.32 Å². The van der Waals surface area contributed by atoms with Crippen LogP contribution in [0.4, 0.5) is 0 Å². The van der Waals surface area contributed by atoms with E-state index in [2.05, 4.69) is 23.9 Å². The van der Waals surface area contributed by atoms with Crippen molar-refractivity contribution in [2.24, 2.45) is 5.92 Å². The molecule has 0 aromatic carbocycles. The van der Waals surface area contributed by atoms with Crippen LogP contribution in [0.1, 0.15) is 33.1 Å². The number of halogens is 1. The van der Waals surface area contributed by atoms with Crippen molar-refractivity contribution in [3.05, 3.63) is 0 Å². The minimum atomic E-state index is -0.875. The number of aliphatic hydroxyl groups excluding tert-OH is 1. The second-order valence-corrected chi connectivity index (χ2v) is 4.17. The molecular weight excluding hydrogens is 202 g/mol. The van der Waals surface area contributed by atoms with Crippen LogP contribution in [-0.2, 0) is 4.74 Å². The third-order valence-electron chi connectivity index (χ3n) is 2.32. The van der Waals surface area contributed by atoms with E-state index in [1.807, 2.05) is 0 Å². The zero-order valence-electron chi connectivity index (χ0n) is 9.29. The van der Waals surface area contributed by atoms with Gasteiger partial charge in [0.15, 0.2) is 0 Å². The quantitative estimate of drug-likeness (QED) is 0.488. The molecule has 3 nitrogen and oxygen atoms in total. The smallest absolute Gasteiger partial charge is 0.213 e. The van der Waals surface area contributed by atoms with Crippen molar-refractivity contribution in [2.45, 2.75) is 44.9 Å². The molecule has 0 aliphatic rings. The van der Waals surface area contributed by atoms with Crippen LogP contribution < -0.4 is 5.32 Å². The highest BCUT2D eigenvalue weighted by molar-refractivity contribution is 6.20. The predicted molar refractivity (Wildman–Crippen MR) is 59.3 cm³/mol. The average Bonchev–Trinajstić information content (AvgIpc) is 2.17. The second kappa shape index (κ2) is 8.48. The molecule has 0 aromatic rings. The molecule has 86 valence electrons. The lowest BCUT2D eigenvalue weighted by Crippen LogP contribution is -2.32. The predicted octanol–water partition coefficient (Wildman–Crippen LogP) is 1.93. The monoisotopic (exact) mass is 223 g/mol. The van der Waals surface area contributed by atoms with Crippen LogP contribution in [0.5, 0.6) is 0 Å². The van der Waals surface area contributed by atoms with Crippen LogP contribution in [0, 0.1) is 5.92 Å². The van der Waals surface area contributed by atoms with E-state index in [1.54, 1.807) is 0 Å². The molecule has 0 amide bonds. The largest absolute Gasteiger partial charge is 0.356 e. The summed E-state index contributed by atoms with van der Waals surface area (Å²) in [6, 6.07) is 0. The Labute approximate surface area is 91.8 Å². The molecule has 0 saturated carbocycles. The van der Waals surface area contributed by atoms with Crippen LogP contribution in [-0.4, -0.2) is 30.6 Å². The second-order valence-electron chi connectivity index (χ2n) is 3.61. The van der Waals surface area contributed by atoms with E-state index in [1.165, 1.54) is 13.5 Å². The SMILES string of the molecule is CCCC(C)C(Cl)CCNC(O)OC. The Morgan fingerprint density at radius 1 is 1.43 bits per heavy atom. The average molecular weight is 224 g/mol. The molecule has 3 unspecified atom stereocenters. The van der Waals surface area contributed by atoms with Crippen molar-refractivity contribution in [3.8, 4) is 0 Å². The maximum atomic E-state index is 9.04. The van der Waals surface area contributed by atoms with Crippen molar-refractivity contribution >= 4 is 11.6 Å². The van der Waals surface area contributed by atoms with E-state index in [9.17, 15) is 0 Å². The number of hydrogen-bond donors (Lipinski definition) is 2. The van der Waals surface area contributed by atoms with Gasteiger partial charge in [0.25, 0.3) is 0 Å². The molecule has 0 fully saturated rings. The molecule has 0 heterocycles. The van der Waals surface area contributed by atoms with Crippen LogP contribution >= 0.6 is 11.6 Å². The Morgan fingerprint density at radius 2 is 2.07 bits per heavy atom. The van der Waals surface area contributed by atoms with Crippen molar-refractivity contribution in [1.82, 2.24) is 5.32 Å². The Morgan fingerprint density at radius 3 is 2.57 bits per heavy atom. The van der Waals surface area contributed by atoms with Crippen molar-refractivity contribution in [2.75, 3.05) is 13.7 Å². The van der Waals surface area contributed by atoms with Gasteiger partial charge >= 0.3 is 0 Å². The Hall–Kier alpha value is 0.170. The van der Waals surface area contributed by atoms with Crippen LogP contribution in [0.3, 0.4) is 0 Å². The Bertz CT molecular complexity index is 135. The van der Waals surface area contributed by atoms with Crippen LogP contribution in [0.15, 0.2) is 0 Å². The minimum Gasteiger partial charge on any atom is -0.356 e. The van der Waals surface area contributed by atoms with E-state index in [-0.39, 0.29) is 5.38 Å². The standard InChI is InChI=1S/C10H22ClNO2/c1-4-5-8(2)9(11)6-7-12-10(13)14-3/h8-10,12-13H,4-7H2,1-3H3. The lowest BCUT2D eigenvalue weighted by molar-refractivity contribution is -0.0964. The first-order chi connectivity index (χ1) is 6.61. The zero-order chi connectivity index (χ0) is 11.0. The molecule has 2 N–H and O–H groups in total. The summed E-state index contributed by atoms with van der Waals surface area (Å²) in [5.41, 5.74) is 0. The van der Waals surface area contributed by atoms with Gasteiger partial charge in [0.2, 0.25) is 6.41 Å². The molecular formula is C10H22ClNO2. The summed E-state index contributed by atoms with van der Waals surface area (Å²) in [5.74, 6) is 0.531. The van der Waals surface area contributed by atoms with Gasteiger partial charge in [-0.05, 0) is 18.8 Å². The number of rotatable bonds is 8. The zero-order valence-corrected chi connectivity index (χ0v) is 10.0. The molecule has 0 bridgehead atoms. The highest BCUT2D eigenvalue weighted by Crippen LogP contribution is 2.18. The molecule has 0 aliphatic carbocycles. The summed E-state index contributed by atoms with van der Waals surface area (Å²) < 4.78 is 4.64. The van der Waals surface area contributed by atoms with Gasteiger partial charge < -0.3 is 9.84 Å². The molecule has 4 heteroatoms. The number of ether oxygens (including phenoxy) is 1. The summed E-state index contributed by atoms with van der Waals surface area (Å²) in [6.07, 6.45) is 2.29. The van der Waals surface area contributed by atoms with Gasteiger partial charge in [0, 0.05) is 19.0 Å². The fourth-order valence-corrected chi connectivity index (χ4v) is 1.58. The lowest BCUT2D eigenvalue weighted by Gasteiger charge is -2.18.